The van der Waals surface area contributed by atoms with Gasteiger partial charge in [0.25, 0.3) is 0 Å². The molecule has 0 aliphatic heterocycles. The molecule has 1 saturated carbocycles. The molecule has 0 unspecified atom stereocenters. The minimum atomic E-state index is -0.474. The number of rotatable bonds is 2. The number of hydrogen-bond donors (Lipinski definition) is 2. The van der Waals surface area contributed by atoms with Crippen LogP contribution in [0, 0.1) is 5.41 Å². The third-order valence-electron chi connectivity index (χ3n) is 3.13. The Morgan fingerprint density at radius 3 is 2.69 bits per heavy atom. The van der Waals surface area contributed by atoms with Crippen molar-refractivity contribution in [1.29, 1.82) is 0 Å². The molecule has 0 aromatic heterocycles. The molecule has 4 nitrogen and oxygen atoms in total. The summed E-state index contributed by atoms with van der Waals surface area (Å²) in [6, 6.07) is 0.0207. The number of amides is 1. The summed E-state index contributed by atoms with van der Waals surface area (Å²) in [6.45, 7) is 7.63. The zero-order valence-electron chi connectivity index (χ0n) is 10.7. The molecule has 0 radical (unpaired) electrons. The second kappa shape index (κ2) is 4.62. The summed E-state index contributed by atoms with van der Waals surface area (Å²) >= 11 is 0. The summed E-state index contributed by atoms with van der Waals surface area (Å²) in [5.41, 5.74) is -0.671. The largest absolute Gasteiger partial charge is 0.444 e. The quantitative estimate of drug-likeness (QED) is 0.762. The fourth-order valence-corrected chi connectivity index (χ4v) is 2.12. The molecule has 0 aromatic rings. The van der Waals surface area contributed by atoms with E-state index in [1.165, 1.54) is 0 Å². The first-order valence-corrected chi connectivity index (χ1v) is 5.87. The number of carbonyl (C=O) groups is 1. The van der Waals surface area contributed by atoms with Gasteiger partial charge in [0, 0.05) is 11.5 Å². The Labute approximate surface area is 97.4 Å². The van der Waals surface area contributed by atoms with Gasteiger partial charge in [-0.05, 0) is 33.6 Å². The monoisotopic (exact) mass is 229 g/mol. The van der Waals surface area contributed by atoms with Crippen molar-refractivity contribution in [2.45, 2.75) is 58.6 Å². The molecular formula is C12H23NO3. The standard InChI is InChI=1S/C12H23NO3/c1-11(2,3)16-10(15)13-9-6-5-7-12(9,4)8-14/h9,14H,5-8H2,1-4H3,(H,13,15)/t9-,12+/m1/s1. The van der Waals surface area contributed by atoms with E-state index in [4.69, 9.17) is 4.74 Å². The predicted octanol–water partition coefficient (Wildman–Crippen LogP) is 2.06. The first-order chi connectivity index (χ1) is 7.27. The summed E-state index contributed by atoms with van der Waals surface area (Å²) in [4.78, 5) is 11.6. The molecule has 0 bridgehead atoms. The maximum atomic E-state index is 11.6. The minimum absolute atomic E-state index is 0.0207. The molecule has 0 heterocycles. The normalized spacial score (nSPS) is 30.2. The SMILES string of the molecule is CC(C)(C)OC(=O)N[C@@H]1CCC[C@@]1(C)CO. The Morgan fingerprint density at radius 2 is 2.19 bits per heavy atom. The van der Waals surface area contributed by atoms with Crippen LogP contribution in [-0.2, 0) is 4.74 Å². The lowest BCUT2D eigenvalue weighted by molar-refractivity contribution is 0.0425. The Bertz CT molecular complexity index is 259. The number of alkyl carbamates (subject to hydrolysis) is 1. The van der Waals surface area contributed by atoms with Crippen LogP contribution >= 0.6 is 0 Å². The van der Waals surface area contributed by atoms with Crippen molar-refractivity contribution in [2.75, 3.05) is 6.61 Å². The lowest BCUT2D eigenvalue weighted by Gasteiger charge is -2.31. The van der Waals surface area contributed by atoms with Gasteiger partial charge in [-0.3, -0.25) is 0 Å². The van der Waals surface area contributed by atoms with E-state index in [0.717, 1.165) is 19.3 Å². The topological polar surface area (TPSA) is 58.6 Å². The fourth-order valence-electron chi connectivity index (χ4n) is 2.12. The van der Waals surface area contributed by atoms with E-state index < -0.39 is 5.60 Å². The molecule has 94 valence electrons. The molecule has 0 aromatic carbocycles. The van der Waals surface area contributed by atoms with Gasteiger partial charge in [-0.15, -0.1) is 0 Å². The molecule has 2 atom stereocenters. The number of hydrogen-bond acceptors (Lipinski definition) is 3. The van der Waals surface area contributed by atoms with Gasteiger partial charge < -0.3 is 15.2 Å². The van der Waals surface area contributed by atoms with Crippen LogP contribution in [0.2, 0.25) is 0 Å². The van der Waals surface area contributed by atoms with E-state index in [1.807, 2.05) is 27.7 Å². The van der Waals surface area contributed by atoms with Crippen LogP contribution in [0.15, 0.2) is 0 Å². The van der Waals surface area contributed by atoms with Crippen LogP contribution in [0.4, 0.5) is 4.79 Å². The van der Waals surface area contributed by atoms with E-state index in [2.05, 4.69) is 5.32 Å². The van der Waals surface area contributed by atoms with E-state index in [-0.39, 0.29) is 24.2 Å². The van der Waals surface area contributed by atoms with Crippen LogP contribution in [0.5, 0.6) is 0 Å². The zero-order chi connectivity index (χ0) is 12.4. The third-order valence-corrected chi connectivity index (χ3v) is 3.13. The van der Waals surface area contributed by atoms with Gasteiger partial charge in [-0.2, -0.15) is 0 Å². The minimum Gasteiger partial charge on any atom is -0.444 e. The summed E-state index contributed by atoms with van der Waals surface area (Å²) in [6.07, 6.45) is 2.51. The highest BCUT2D eigenvalue weighted by Gasteiger charge is 2.39. The highest BCUT2D eigenvalue weighted by Crippen LogP contribution is 2.37. The molecule has 16 heavy (non-hydrogen) atoms. The zero-order valence-corrected chi connectivity index (χ0v) is 10.7. The summed E-state index contributed by atoms with van der Waals surface area (Å²) in [5.74, 6) is 0. The van der Waals surface area contributed by atoms with Crippen LogP contribution in [-0.4, -0.2) is 29.4 Å². The van der Waals surface area contributed by atoms with Gasteiger partial charge in [0.05, 0.1) is 6.61 Å². The lowest BCUT2D eigenvalue weighted by atomic mass is 9.86. The molecule has 0 saturated heterocycles. The first-order valence-electron chi connectivity index (χ1n) is 5.87. The molecule has 1 aliphatic carbocycles. The molecular weight excluding hydrogens is 206 g/mol. The molecule has 1 rings (SSSR count). The van der Waals surface area contributed by atoms with Crippen LogP contribution in [0.1, 0.15) is 47.0 Å². The number of carbonyl (C=O) groups excluding carboxylic acids is 1. The Kier molecular flexibility index (Phi) is 3.84. The number of nitrogens with one attached hydrogen (secondary N) is 1. The predicted molar refractivity (Wildman–Crippen MR) is 62.2 cm³/mol. The van der Waals surface area contributed by atoms with E-state index in [9.17, 15) is 9.90 Å². The number of aliphatic hydroxyl groups excluding tert-OH is 1. The molecule has 4 heteroatoms. The smallest absolute Gasteiger partial charge is 0.407 e. The summed E-state index contributed by atoms with van der Waals surface area (Å²) in [5, 5.41) is 12.2. The number of ether oxygens (including phenoxy) is 1. The summed E-state index contributed by atoms with van der Waals surface area (Å²) in [7, 11) is 0. The van der Waals surface area contributed by atoms with Gasteiger partial charge >= 0.3 is 6.09 Å². The lowest BCUT2D eigenvalue weighted by Crippen LogP contribution is -2.46. The molecule has 1 fully saturated rings. The van der Waals surface area contributed by atoms with Crippen molar-refractivity contribution in [2.24, 2.45) is 5.41 Å². The Hall–Kier alpha value is -0.770. The van der Waals surface area contributed by atoms with Crippen molar-refractivity contribution in [3.05, 3.63) is 0 Å². The van der Waals surface area contributed by atoms with Crippen molar-refractivity contribution in [1.82, 2.24) is 5.32 Å². The van der Waals surface area contributed by atoms with E-state index >= 15 is 0 Å². The van der Waals surface area contributed by atoms with Crippen LogP contribution in [0.25, 0.3) is 0 Å². The van der Waals surface area contributed by atoms with Gasteiger partial charge in [0.1, 0.15) is 5.60 Å². The highest BCUT2D eigenvalue weighted by atomic mass is 16.6. The van der Waals surface area contributed by atoms with Gasteiger partial charge in [-0.25, -0.2) is 4.79 Å². The van der Waals surface area contributed by atoms with E-state index in [1.54, 1.807) is 0 Å². The van der Waals surface area contributed by atoms with Crippen molar-refractivity contribution >= 4 is 6.09 Å². The maximum absolute atomic E-state index is 11.6. The second-order valence-corrected chi connectivity index (χ2v) is 5.90. The van der Waals surface area contributed by atoms with Crippen molar-refractivity contribution in [3.8, 4) is 0 Å². The van der Waals surface area contributed by atoms with Crippen LogP contribution in [0.3, 0.4) is 0 Å². The summed E-state index contributed by atoms with van der Waals surface area (Å²) < 4.78 is 5.21. The third kappa shape index (κ3) is 3.37. The highest BCUT2D eigenvalue weighted by molar-refractivity contribution is 5.68. The van der Waals surface area contributed by atoms with Gasteiger partial charge in [0.15, 0.2) is 0 Å². The Morgan fingerprint density at radius 1 is 1.56 bits per heavy atom. The van der Waals surface area contributed by atoms with Gasteiger partial charge in [0.2, 0.25) is 0 Å². The number of aliphatic hydroxyl groups is 1. The molecule has 2 N–H and O–H groups in total. The average Bonchev–Trinajstić information content (AvgIpc) is 2.45. The fraction of sp³-hybridized carbons (Fsp3) is 0.917. The molecule has 0 spiro atoms. The van der Waals surface area contributed by atoms with Crippen molar-refractivity contribution in [3.63, 3.8) is 0 Å². The second-order valence-electron chi connectivity index (χ2n) is 5.90. The van der Waals surface area contributed by atoms with E-state index in [0.29, 0.717) is 0 Å². The maximum Gasteiger partial charge on any atom is 0.407 e. The molecule has 1 amide bonds. The van der Waals surface area contributed by atoms with Crippen LogP contribution < -0.4 is 5.32 Å². The van der Waals surface area contributed by atoms with Gasteiger partial charge in [-0.1, -0.05) is 13.3 Å². The average molecular weight is 229 g/mol. The molecule has 1 aliphatic rings. The van der Waals surface area contributed by atoms with Crippen molar-refractivity contribution < 1.29 is 14.6 Å². The Balaban J connectivity index is 2.51. The first kappa shape index (κ1) is 13.3.